The van der Waals surface area contributed by atoms with E-state index in [0.717, 1.165) is 13.2 Å². The highest BCUT2D eigenvalue weighted by Gasteiger charge is 2.20. The standard InChI is InChI=1S/C18H19BrN4O7S/c1-28-10-16(24)21-14-7-6-13(9-15(14)22-17(20)23-18(25)29-2)31(26,27)30-12-5-3-4-11(19)8-12/h3-9H,10H2,1-2H3,(H,21,24)(H3,20,22,23,25). The molecule has 13 heteroatoms. The Morgan fingerprint density at radius 2 is 1.81 bits per heavy atom. The number of carbonyl (C=O) groups excluding carboxylic acids is 2. The fraction of sp³-hybridized carbons (Fsp3) is 0.167. The van der Waals surface area contributed by atoms with Crippen LogP contribution < -0.4 is 20.1 Å². The van der Waals surface area contributed by atoms with Crippen LogP contribution in [-0.4, -0.2) is 47.2 Å². The van der Waals surface area contributed by atoms with Gasteiger partial charge in [0.25, 0.3) is 0 Å². The highest BCUT2D eigenvalue weighted by atomic mass is 79.9. The number of carbonyl (C=O) groups is 2. The number of rotatable bonds is 7. The molecule has 31 heavy (non-hydrogen) atoms. The second kappa shape index (κ2) is 10.7. The van der Waals surface area contributed by atoms with Crippen molar-refractivity contribution < 1.29 is 31.7 Å². The number of amides is 2. The van der Waals surface area contributed by atoms with Gasteiger partial charge in [-0.1, -0.05) is 22.0 Å². The quantitative estimate of drug-likeness (QED) is 0.249. The monoisotopic (exact) mass is 514 g/mol. The molecule has 0 bridgehead atoms. The van der Waals surface area contributed by atoms with E-state index in [1.807, 2.05) is 0 Å². The number of hydrogen-bond donors (Lipinski definition) is 4. The Hall–Kier alpha value is -3.16. The average molecular weight is 515 g/mol. The first-order valence-corrected chi connectivity index (χ1v) is 10.7. The molecule has 11 nitrogen and oxygen atoms in total. The molecule has 0 atom stereocenters. The molecule has 0 saturated heterocycles. The lowest BCUT2D eigenvalue weighted by Crippen LogP contribution is -2.35. The summed E-state index contributed by atoms with van der Waals surface area (Å²) in [4.78, 5) is 22.9. The van der Waals surface area contributed by atoms with Crippen molar-refractivity contribution in [3.8, 4) is 5.75 Å². The third-order valence-corrected chi connectivity index (χ3v) is 5.24. The molecule has 0 heterocycles. The molecule has 0 unspecified atom stereocenters. The van der Waals surface area contributed by atoms with Crippen molar-refractivity contribution >= 4 is 55.4 Å². The molecule has 0 aliphatic carbocycles. The lowest BCUT2D eigenvalue weighted by molar-refractivity contribution is -0.119. The Balaban J connectivity index is 2.36. The molecule has 2 aromatic rings. The average Bonchev–Trinajstić information content (AvgIpc) is 2.68. The Morgan fingerprint density at radius 1 is 1.06 bits per heavy atom. The van der Waals surface area contributed by atoms with Crippen LogP contribution in [0.5, 0.6) is 5.75 Å². The minimum atomic E-state index is -4.25. The highest BCUT2D eigenvalue weighted by molar-refractivity contribution is 9.10. The lowest BCUT2D eigenvalue weighted by Gasteiger charge is -2.15. The summed E-state index contributed by atoms with van der Waals surface area (Å²) in [6.07, 6.45) is -0.913. The lowest BCUT2D eigenvalue weighted by atomic mass is 10.2. The largest absolute Gasteiger partial charge is 0.453 e. The van der Waals surface area contributed by atoms with Crippen LogP contribution in [0.2, 0.25) is 0 Å². The van der Waals surface area contributed by atoms with Crippen LogP contribution in [0.3, 0.4) is 0 Å². The first kappa shape index (κ1) is 24.1. The Labute approximate surface area is 186 Å². The number of ether oxygens (including phenoxy) is 2. The second-order valence-corrected chi connectivity index (χ2v) is 8.26. The van der Waals surface area contributed by atoms with Gasteiger partial charge in [-0.25, -0.2) is 4.79 Å². The smallest absolute Gasteiger partial charge is 0.413 e. The fourth-order valence-corrected chi connectivity index (χ4v) is 3.55. The van der Waals surface area contributed by atoms with Crippen molar-refractivity contribution in [2.24, 2.45) is 0 Å². The van der Waals surface area contributed by atoms with Crippen LogP contribution in [0.4, 0.5) is 16.2 Å². The molecule has 0 aliphatic heterocycles. The number of halogens is 1. The number of nitrogens with one attached hydrogen (secondary N) is 4. The van der Waals surface area contributed by atoms with Gasteiger partial charge in [-0.3, -0.25) is 15.5 Å². The van der Waals surface area contributed by atoms with Gasteiger partial charge in [0.15, 0.2) is 0 Å². The van der Waals surface area contributed by atoms with E-state index in [0.29, 0.717) is 4.47 Å². The Morgan fingerprint density at radius 3 is 2.45 bits per heavy atom. The van der Waals surface area contributed by atoms with Crippen molar-refractivity contribution in [1.82, 2.24) is 5.32 Å². The van der Waals surface area contributed by atoms with Crippen molar-refractivity contribution in [2.45, 2.75) is 4.90 Å². The fourth-order valence-electron chi connectivity index (χ4n) is 2.22. The molecule has 2 amide bonds. The van der Waals surface area contributed by atoms with Crippen LogP contribution in [0, 0.1) is 5.41 Å². The number of alkyl carbamates (subject to hydrolysis) is 1. The molecule has 0 aliphatic rings. The summed E-state index contributed by atoms with van der Waals surface area (Å²) in [7, 11) is -1.80. The normalized spacial score (nSPS) is 10.7. The van der Waals surface area contributed by atoms with E-state index in [9.17, 15) is 18.0 Å². The van der Waals surface area contributed by atoms with E-state index < -0.39 is 28.1 Å². The predicted molar refractivity (Wildman–Crippen MR) is 116 cm³/mol. The molecular formula is C18H19BrN4O7S. The molecule has 166 valence electrons. The Kier molecular flexibility index (Phi) is 8.36. The second-order valence-electron chi connectivity index (χ2n) is 5.80. The van der Waals surface area contributed by atoms with Crippen molar-refractivity contribution in [1.29, 1.82) is 5.41 Å². The zero-order chi connectivity index (χ0) is 23.0. The topological polar surface area (TPSA) is 156 Å². The molecule has 0 fully saturated rings. The first-order valence-electron chi connectivity index (χ1n) is 8.48. The molecular weight excluding hydrogens is 496 g/mol. The van der Waals surface area contributed by atoms with Crippen LogP contribution >= 0.6 is 15.9 Å². The highest BCUT2D eigenvalue weighted by Crippen LogP contribution is 2.28. The number of methoxy groups -OCH3 is 2. The zero-order valence-corrected chi connectivity index (χ0v) is 18.8. The van der Waals surface area contributed by atoms with Crippen LogP contribution in [0.1, 0.15) is 0 Å². The van der Waals surface area contributed by atoms with Crippen molar-refractivity contribution in [3.63, 3.8) is 0 Å². The zero-order valence-electron chi connectivity index (χ0n) is 16.4. The summed E-state index contributed by atoms with van der Waals surface area (Å²) in [6, 6.07) is 9.93. The van der Waals surface area contributed by atoms with Gasteiger partial charge in [-0.15, -0.1) is 0 Å². The van der Waals surface area contributed by atoms with E-state index >= 15 is 0 Å². The van der Waals surface area contributed by atoms with Gasteiger partial charge < -0.3 is 24.3 Å². The molecule has 0 saturated carbocycles. The Bertz CT molecular complexity index is 1090. The molecule has 4 N–H and O–H groups in total. The minimum absolute atomic E-state index is 0.00442. The molecule has 2 rings (SSSR count). The molecule has 0 spiro atoms. The van der Waals surface area contributed by atoms with Crippen LogP contribution in [0.15, 0.2) is 51.8 Å². The predicted octanol–water partition coefficient (Wildman–Crippen LogP) is 2.50. The third-order valence-electron chi connectivity index (χ3n) is 3.50. The van der Waals surface area contributed by atoms with Gasteiger partial charge in [-0.05, 0) is 36.4 Å². The van der Waals surface area contributed by atoms with Gasteiger partial charge >= 0.3 is 16.2 Å². The molecule has 0 radical (unpaired) electrons. The van der Waals surface area contributed by atoms with Crippen molar-refractivity contribution in [3.05, 3.63) is 46.9 Å². The SMILES string of the molecule is COCC(=O)Nc1ccc(S(=O)(=O)Oc2cccc(Br)c2)cc1NC(=N)NC(=O)OC. The number of anilines is 2. The third kappa shape index (κ3) is 7.24. The van der Waals surface area contributed by atoms with Gasteiger partial charge in [0, 0.05) is 11.6 Å². The van der Waals surface area contributed by atoms with Crippen LogP contribution in [-0.2, 0) is 24.4 Å². The van der Waals surface area contributed by atoms with E-state index in [1.165, 1.54) is 31.4 Å². The van der Waals surface area contributed by atoms with E-state index in [1.54, 1.807) is 12.1 Å². The summed E-state index contributed by atoms with van der Waals surface area (Å²) in [5, 5.41) is 14.9. The van der Waals surface area contributed by atoms with Gasteiger partial charge in [0.2, 0.25) is 11.9 Å². The van der Waals surface area contributed by atoms with Crippen LogP contribution in [0.25, 0.3) is 0 Å². The maximum absolute atomic E-state index is 12.7. The van der Waals surface area contributed by atoms with E-state index in [-0.39, 0.29) is 28.6 Å². The number of guanidine groups is 1. The first-order chi connectivity index (χ1) is 14.6. The van der Waals surface area contributed by atoms with Gasteiger partial charge in [0.1, 0.15) is 17.3 Å². The summed E-state index contributed by atoms with van der Waals surface area (Å²) in [5.41, 5.74) is 0.143. The summed E-state index contributed by atoms with van der Waals surface area (Å²) >= 11 is 3.23. The van der Waals surface area contributed by atoms with E-state index in [2.05, 4.69) is 36.6 Å². The van der Waals surface area contributed by atoms with E-state index in [4.69, 9.17) is 14.3 Å². The minimum Gasteiger partial charge on any atom is -0.453 e. The molecule has 2 aromatic carbocycles. The number of benzene rings is 2. The maximum atomic E-state index is 12.7. The molecule has 0 aromatic heterocycles. The summed E-state index contributed by atoms with van der Waals surface area (Å²) in [6.45, 7) is -0.247. The maximum Gasteiger partial charge on any atom is 0.413 e. The van der Waals surface area contributed by atoms with Gasteiger partial charge in [-0.2, -0.15) is 8.42 Å². The number of hydrogen-bond acceptors (Lipinski definition) is 8. The van der Waals surface area contributed by atoms with Gasteiger partial charge in [0.05, 0.1) is 18.5 Å². The summed E-state index contributed by atoms with van der Waals surface area (Å²) in [5.74, 6) is -0.947. The van der Waals surface area contributed by atoms with Crippen molar-refractivity contribution in [2.75, 3.05) is 31.5 Å². The summed E-state index contributed by atoms with van der Waals surface area (Å²) < 4.78 is 40.3.